The zero-order valence-electron chi connectivity index (χ0n) is 16.5. The normalized spacial score (nSPS) is 15.3. The van der Waals surface area contributed by atoms with Crippen molar-refractivity contribution in [3.63, 3.8) is 0 Å². The number of carbonyl (C=O) groups excluding carboxylic acids is 1. The van der Waals surface area contributed by atoms with Crippen molar-refractivity contribution >= 4 is 44.4 Å². The van der Waals surface area contributed by atoms with Gasteiger partial charge in [-0.25, -0.2) is 13.4 Å². The minimum absolute atomic E-state index is 0.0101. The first-order chi connectivity index (χ1) is 14.8. The third-order valence-corrected chi connectivity index (χ3v) is 7.85. The number of sulfonamides is 1. The molecule has 1 aliphatic heterocycles. The number of hydrogen-bond donors (Lipinski definition) is 1. The average molecular weight is 462 g/mol. The van der Waals surface area contributed by atoms with Gasteiger partial charge in [0, 0.05) is 54.9 Å². The van der Waals surface area contributed by atoms with E-state index in [-0.39, 0.29) is 42.3 Å². The summed E-state index contributed by atoms with van der Waals surface area (Å²) in [5.74, 6) is -0.476. The first-order valence-electron chi connectivity index (χ1n) is 9.37. The number of nitro benzene ring substituents is 1. The predicted octanol–water partition coefficient (Wildman–Crippen LogP) is 2.34. The van der Waals surface area contributed by atoms with Crippen molar-refractivity contribution < 1.29 is 18.1 Å². The fourth-order valence-corrected chi connectivity index (χ4v) is 5.57. The maximum absolute atomic E-state index is 13.1. The minimum atomic E-state index is -3.78. The van der Waals surface area contributed by atoms with Crippen LogP contribution in [0.15, 0.2) is 52.5 Å². The topological polar surface area (TPSA) is 130 Å². The molecule has 2 aromatic heterocycles. The SMILES string of the molecule is CSc1ccc([N+](=O)[O-])c(C(=O)N2CCN(S(=O)(=O)c3c[nH]c4ncccc34)CC2)c1. The number of fused-ring (bicyclic) bond motifs is 1. The fraction of sp³-hybridized carbons (Fsp3) is 0.263. The molecule has 0 atom stereocenters. The molecule has 1 saturated heterocycles. The van der Waals surface area contributed by atoms with Gasteiger partial charge in [-0.15, -0.1) is 11.8 Å². The zero-order valence-corrected chi connectivity index (χ0v) is 18.1. The second kappa shape index (κ2) is 8.29. The highest BCUT2D eigenvalue weighted by Crippen LogP contribution is 2.28. The maximum Gasteiger partial charge on any atom is 0.282 e. The lowest BCUT2D eigenvalue weighted by Gasteiger charge is -2.33. The molecule has 0 unspecified atom stereocenters. The van der Waals surface area contributed by atoms with E-state index in [4.69, 9.17) is 0 Å². The number of piperazine rings is 1. The maximum atomic E-state index is 13.1. The van der Waals surface area contributed by atoms with E-state index in [0.29, 0.717) is 11.0 Å². The zero-order chi connectivity index (χ0) is 22.2. The number of benzene rings is 1. The number of hydrogen-bond acceptors (Lipinski definition) is 7. The molecule has 1 amide bonds. The molecule has 1 fully saturated rings. The second-order valence-electron chi connectivity index (χ2n) is 6.89. The molecule has 0 saturated carbocycles. The Bertz CT molecular complexity index is 1270. The molecule has 10 nitrogen and oxygen atoms in total. The number of pyridine rings is 1. The smallest absolute Gasteiger partial charge is 0.282 e. The minimum Gasteiger partial charge on any atom is -0.345 e. The van der Waals surface area contributed by atoms with Crippen LogP contribution in [0.25, 0.3) is 11.0 Å². The summed E-state index contributed by atoms with van der Waals surface area (Å²) in [5, 5.41) is 11.9. The van der Waals surface area contributed by atoms with Crippen molar-refractivity contribution in [2.24, 2.45) is 0 Å². The lowest BCUT2D eigenvalue weighted by Crippen LogP contribution is -2.50. The third-order valence-electron chi connectivity index (χ3n) is 5.19. The van der Waals surface area contributed by atoms with E-state index < -0.39 is 20.9 Å². The highest BCUT2D eigenvalue weighted by molar-refractivity contribution is 7.98. The Morgan fingerprint density at radius 3 is 2.65 bits per heavy atom. The number of H-pyrrole nitrogens is 1. The van der Waals surface area contributed by atoms with E-state index in [1.165, 1.54) is 39.3 Å². The quantitative estimate of drug-likeness (QED) is 0.351. The summed E-state index contributed by atoms with van der Waals surface area (Å²) in [6.45, 7) is 0.465. The van der Waals surface area contributed by atoms with Crippen LogP contribution in [0.1, 0.15) is 10.4 Å². The summed E-state index contributed by atoms with van der Waals surface area (Å²) in [7, 11) is -3.78. The van der Waals surface area contributed by atoms with E-state index in [0.717, 1.165) is 4.90 Å². The third kappa shape index (κ3) is 3.89. The Balaban J connectivity index is 1.54. The second-order valence-corrected chi connectivity index (χ2v) is 9.67. The number of rotatable bonds is 5. The number of thioether (sulfide) groups is 1. The van der Waals surface area contributed by atoms with Crippen LogP contribution in [0.5, 0.6) is 0 Å². The number of carbonyl (C=O) groups is 1. The largest absolute Gasteiger partial charge is 0.345 e. The molecular formula is C19H19N5O5S2. The predicted molar refractivity (Wildman–Crippen MR) is 116 cm³/mol. The molecule has 0 aliphatic carbocycles. The number of aromatic amines is 1. The molecular weight excluding hydrogens is 442 g/mol. The number of aromatic nitrogens is 2. The van der Waals surface area contributed by atoms with Gasteiger partial charge in [0.25, 0.3) is 11.6 Å². The fourth-order valence-electron chi connectivity index (χ4n) is 3.56. The highest BCUT2D eigenvalue weighted by Gasteiger charge is 2.33. The van der Waals surface area contributed by atoms with Gasteiger partial charge in [-0.05, 0) is 30.5 Å². The van der Waals surface area contributed by atoms with Crippen molar-refractivity contribution in [3.8, 4) is 0 Å². The van der Waals surface area contributed by atoms with E-state index in [1.54, 1.807) is 24.4 Å². The van der Waals surface area contributed by atoms with E-state index in [9.17, 15) is 23.3 Å². The summed E-state index contributed by atoms with van der Waals surface area (Å²) in [5.41, 5.74) is 0.232. The summed E-state index contributed by atoms with van der Waals surface area (Å²) in [4.78, 5) is 33.1. The molecule has 3 heterocycles. The van der Waals surface area contributed by atoms with Crippen LogP contribution in [0.2, 0.25) is 0 Å². The van der Waals surface area contributed by atoms with Crippen molar-refractivity contribution in [2.45, 2.75) is 9.79 Å². The molecule has 3 aromatic rings. The molecule has 1 aromatic carbocycles. The van der Waals surface area contributed by atoms with Crippen molar-refractivity contribution in [1.82, 2.24) is 19.2 Å². The first kappa shape index (κ1) is 21.3. The van der Waals surface area contributed by atoms with Crippen LogP contribution >= 0.6 is 11.8 Å². The van der Waals surface area contributed by atoms with Gasteiger partial charge in [-0.3, -0.25) is 14.9 Å². The Kier molecular flexibility index (Phi) is 5.69. The van der Waals surface area contributed by atoms with Crippen LogP contribution in [0.3, 0.4) is 0 Å². The van der Waals surface area contributed by atoms with Gasteiger partial charge in [0.1, 0.15) is 16.1 Å². The Morgan fingerprint density at radius 2 is 1.97 bits per heavy atom. The number of nitrogens with one attached hydrogen (secondary N) is 1. The van der Waals surface area contributed by atoms with Crippen molar-refractivity contribution in [1.29, 1.82) is 0 Å². The average Bonchev–Trinajstić information content (AvgIpc) is 3.23. The van der Waals surface area contributed by atoms with Gasteiger partial charge < -0.3 is 9.88 Å². The molecule has 12 heteroatoms. The van der Waals surface area contributed by atoms with E-state index in [2.05, 4.69) is 9.97 Å². The molecule has 162 valence electrons. The molecule has 1 N–H and O–H groups in total. The van der Waals surface area contributed by atoms with Crippen LogP contribution in [0.4, 0.5) is 5.69 Å². The van der Waals surface area contributed by atoms with Crippen LogP contribution in [-0.4, -0.2) is 70.9 Å². The molecule has 31 heavy (non-hydrogen) atoms. The van der Waals surface area contributed by atoms with Crippen molar-refractivity contribution in [3.05, 3.63) is 58.4 Å². The molecule has 1 aliphatic rings. The summed E-state index contributed by atoms with van der Waals surface area (Å²) in [6.07, 6.45) is 4.81. The Morgan fingerprint density at radius 1 is 1.23 bits per heavy atom. The summed E-state index contributed by atoms with van der Waals surface area (Å²) < 4.78 is 27.6. The summed E-state index contributed by atoms with van der Waals surface area (Å²) >= 11 is 1.38. The Labute approximate surface area is 182 Å². The monoisotopic (exact) mass is 461 g/mol. The number of amides is 1. The van der Waals surface area contributed by atoms with Gasteiger partial charge in [-0.2, -0.15) is 4.31 Å². The van der Waals surface area contributed by atoms with Crippen LogP contribution in [0, 0.1) is 10.1 Å². The van der Waals surface area contributed by atoms with Gasteiger partial charge in [0.05, 0.1) is 4.92 Å². The lowest BCUT2D eigenvalue weighted by molar-refractivity contribution is -0.385. The molecule has 0 spiro atoms. The van der Waals surface area contributed by atoms with Crippen molar-refractivity contribution in [2.75, 3.05) is 32.4 Å². The first-order valence-corrected chi connectivity index (χ1v) is 12.0. The summed E-state index contributed by atoms with van der Waals surface area (Å²) in [6, 6.07) is 7.78. The van der Waals surface area contributed by atoms with E-state index in [1.807, 2.05) is 6.26 Å². The Hall–Kier alpha value is -2.96. The standard InChI is InChI=1S/C19H19N5O5S2/c1-30-13-4-5-16(24(26)27)15(11-13)19(25)22-7-9-23(10-8-22)31(28,29)17-12-21-18-14(17)3-2-6-20-18/h2-6,11-12H,7-10H2,1H3,(H,20,21). The van der Waals surface area contributed by atoms with Gasteiger partial charge >= 0.3 is 0 Å². The van der Waals surface area contributed by atoms with Crippen LogP contribution < -0.4 is 0 Å². The van der Waals surface area contributed by atoms with Gasteiger partial charge in [0.15, 0.2) is 0 Å². The van der Waals surface area contributed by atoms with Gasteiger partial charge in [-0.1, -0.05) is 0 Å². The highest BCUT2D eigenvalue weighted by atomic mass is 32.2. The van der Waals surface area contributed by atoms with Gasteiger partial charge in [0.2, 0.25) is 10.0 Å². The van der Waals surface area contributed by atoms with Crippen LogP contribution in [-0.2, 0) is 10.0 Å². The molecule has 4 rings (SSSR count). The lowest BCUT2D eigenvalue weighted by atomic mass is 10.1. The molecule has 0 bridgehead atoms. The van der Waals surface area contributed by atoms with E-state index >= 15 is 0 Å². The number of nitro groups is 1. The number of nitrogens with zero attached hydrogens (tertiary/aromatic N) is 4. The molecule has 0 radical (unpaired) electrons.